The predicted octanol–water partition coefficient (Wildman–Crippen LogP) is 5.80. The summed E-state index contributed by atoms with van der Waals surface area (Å²) in [7, 11) is 1.52. The van der Waals surface area contributed by atoms with Gasteiger partial charge in [-0.25, -0.2) is 0 Å². The molecule has 0 atom stereocenters. The van der Waals surface area contributed by atoms with Crippen LogP contribution in [0.1, 0.15) is 11.1 Å². The third kappa shape index (κ3) is 6.72. The van der Waals surface area contributed by atoms with Crippen LogP contribution in [0.3, 0.4) is 0 Å². The van der Waals surface area contributed by atoms with Crippen molar-refractivity contribution in [2.45, 2.75) is 13.5 Å². The predicted molar refractivity (Wildman–Crippen MR) is 136 cm³/mol. The maximum absolute atomic E-state index is 12.3. The van der Waals surface area contributed by atoms with E-state index in [4.69, 9.17) is 21.1 Å². The number of rotatable bonds is 9. The molecule has 0 aliphatic heterocycles. The van der Waals surface area contributed by atoms with Gasteiger partial charge in [0.15, 0.2) is 18.1 Å². The summed E-state index contributed by atoms with van der Waals surface area (Å²) >= 11 is 8.21. The van der Waals surface area contributed by atoms with Crippen LogP contribution in [0.25, 0.3) is 0 Å². The number of halogens is 2. The van der Waals surface area contributed by atoms with Gasteiger partial charge in [-0.15, -0.1) is 0 Å². The summed E-state index contributed by atoms with van der Waals surface area (Å²) < 4.78 is 11.9. The van der Waals surface area contributed by atoms with Crippen molar-refractivity contribution in [3.63, 3.8) is 0 Å². The zero-order valence-electron chi connectivity index (χ0n) is 17.9. The van der Waals surface area contributed by atoms with Crippen molar-refractivity contribution in [3.05, 3.63) is 84.4 Å². The van der Waals surface area contributed by atoms with Crippen molar-refractivity contribution < 1.29 is 19.2 Å². The smallest absolute Gasteiger partial charge is 0.271 e. The summed E-state index contributed by atoms with van der Waals surface area (Å²) in [5.41, 5.74) is 3.04. The zero-order chi connectivity index (χ0) is 24.0. The van der Waals surface area contributed by atoms with Gasteiger partial charge in [-0.1, -0.05) is 23.7 Å². The van der Waals surface area contributed by atoms with E-state index in [0.29, 0.717) is 34.4 Å². The number of nitro benzene ring substituents is 1. The van der Waals surface area contributed by atoms with Crippen molar-refractivity contribution in [2.75, 3.05) is 24.4 Å². The van der Waals surface area contributed by atoms with E-state index in [1.54, 1.807) is 30.3 Å². The lowest BCUT2D eigenvalue weighted by molar-refractivity contribution is -0.384. The minimum Gasteiger partial charge on any atom is -0.493 e. The third-order valence-corrected chi connectivity index (χ3v) is 5.85. The van der Waals surface area contributed by atoms with Crippen molar-refractivity contribution in [3.8, 4) is 11.5 Å². The van der Waals surface area contributed by atoms with Gasteiger partial charge in [0, 0.05) is 35.1 Å². The fourth-order valence-corrected chi connectivity index (χ4v) is 3.96. The molecule has 2 N–H and O–H groups in total. The number of nitro groups is 1. The number of amides is 1. The van der Waals surface area contributed by atoms with E-state index in [1.165, 1.54) is 19.2 Å². The molecule has 0 aliphatic carbocycles. The van der Waals surface area contributed by atoms with Crippen LogP contribution < -0.4 is 20.1 Å². The Bertz CT molecular complexity index is 1190. The van der Waals surface area contributed by atoms with Crippen LogP contribution in [0.4, 0.5) is 17.1 Å². The fraction of sp³-hybridized carbons (Fsp3) is 0.174. The number of nitrogens with one attached hydrogen (secondary N) is 2. The molecule has 0 heterocycles. The molecule has 33 heavy (non-hydrogen) atoms. The van der Waals surface area contributed by atoms with Crippen LogP contribution in [-0.2, 0) is 11.3 Å². The highest BCUT2D eigenvalue weighted by molar-refractivity contribution is 14.1. The Balaban J connectivity index is 1.64. The van der Waals surface area contributed by atoms with E-state index < -0.39 is 4.92 Å². The van der Waals surface area contributed by atoms with E-state index in [-0.39, 0.29) is 18.2 Å². The average Bonchev–Trinajstić information content (AvgIpc) is 2.79. The van der Waals surface area contributed by atoms with Gasteiger partial charge in [0.05, 0.1) is 15.6 Å². The molecule has 1 amide bonds. The van der Waals surface area contributed by atoms with Gasteiger partial charge in [-0.2, -0.15) is 0 Å². The van der Waals surface area contributed by atoms with Crippen LogP contribution in [0, 0.1) is 20.6 Å². The molecule has 3 aromatic rings. The highest BCUT2D eigenvalue weighted by Crippen LogP contribution is 2.34. The Hall–Kier alpha value is -3.05. The minimum absolute atomic E-state index is 0.0158. The molecule has 0 aromatic heterocycles. The first-order valence-electron chi connectivity index (χ1n) is 9.80. The Morgan fingerprint density at radius 2 is 1.94 bits per heavy atom. The van der Waals surface area contributed by atoms with E-state index in [0.717, 1.165) is 14.7 Å². The van der Waals surface area contributed by atoms with E-state index >= 15 is 0 Å². The summed E-state index contributed by atoms with van der Waals surface area (Å²) in [6.07, 6.45) is 0. The Morgan fingerprint density at radius 1 is 1.15 bits per heavy atom. The second kappa shape index (κ2) is 11.2. The number of aryl methyl sites for hydroxylation is 1. The summed E-state index contributed by atoms with van der Waals surface area (Å²) in [6.45, 7) is 2.10. The second-order valence-corrected chi connectivity index (χ2v) is 8.64. The molecule has 0 unspecified atom stereocenters. The van der Waals surface area contributed by atoms with Crippen molar-refractivity contribution in [2.24, 2.45) is 0 Å². The fourth-order valence-electron chi connectivity index (χ4n) is 2.95. The summed E-state index contributed by atoms with van der Waals surface area (Å²) in [6, 6.07) is 15.2. The first-order valence-corrected chi connectivity index (χ1v) is 11.3. The molecule has 0 fully saturated rings. The number of non-ortho nitro benzene ring substituents is 1. The summed E-state index contributed by atoms with van der Waals surface area (Å²) in [5, 5.41) is 17.4. The van der Waals surface area contributed by atoms with Crippen LogP contribution in [0.15, 0.2) is 54.6 Å². The number of benzene rings is 3. The number of nitrogens with zero attached hydrogens (tertiary/aromatic N) is 1. The molecular weight excluding hydrogens is 561 g/mol. The van der Waals surface area contributed by atoms with Gasteiger partial charge in [0.2, 0.25) is 0 Å². The van der Waals surface area contributed by atoms with Gasteiger partial charge < -0.3 is 20.1 Å². The van der Waals surface area contributed by atoms with Crippen molar-refractivity contribution in [1.29, 1.82) is 0 Å². The van der Waals surface area contributed by atoms with Gasteiger partial charge in [0.1, 0.15) is 0 Å². The Kier molecular flexibility index (Phi) is 8.34. The molecule has 3 aromatic carbocycles. The highest BCUT2D eigenvalue weighted by Gasteiger charge is 2.14. The summed E-state index contributed by atoms with van der Waals surface area (Å²) in [4.78, 5) is 22.8. The lowest BCUT2D eigenvalue weighted by Gasteiger charge is -2.15. The number of methoxy groups -OCH3 is 1. The quantitative estimate of drug-likeness (QED) is 0.188. The van der Waals surface area contributed by atoms with Gasteiger partial charge in [0.25, 0.3) is 11.6 Å². The molecule has 8 nitrogen and oxygen atoms in total. The minimum atomic E-state index is -0.438. The third-order valence-electron chi connectivity index (χ3n) is 4.65. The Morgan fingerprint density at radius 3 is 2.64 bits per heavy atom. The number of hydrogen-bond donors (Lipinski definition) is 2. The molecule has 0 bridgehead atoms. The maximum Gasteiger partial charge on any atom is 0.271 e. The first-order chi connectivity index (χ1) is 15.8. The molecule has 0 aliphatic rings. The summed E-state index contributed by atoms with van der Waals surface area (Å²) in [5.74, 6) is 0.599. The van der Waals surface area contributed by atoms with Crippen molar-refractivity contribution in [1.82, 2.24) is 0 Å². The monoisotopic (exact) mass is 581 g/mol. The van der Waals surface area contributed by atoms with E-state index in [2.05, 4.69) is 33.2 Å². The van der Waals surface area contributed by atoms with Gasteiger partial charge >= 0.3 is 0 Å². The number of hydrogen-bond acceptors (Lipinski definition) is 6. The van der Waals surface area contributed by atoms with Crippen LogP contribution >= 0.6 is 34.2 Å². The highest BCUT2D eigenvalue weighted by atomic mass is 127. The topological polar surface area (TPSA) is 103 Å². The lowest BCUT2D eigenvalue weighted by atomic mass is 10.2. The van der Waals surface area contributed by atoms with Gasteiger partial charge in [-0.05, 0) is 71.0 Å². The molecule has 3 rings (SSSR count). The second-order valence-electron chi connectivity index (χ2n) is 7.07. The number of carbonyl (C=O) groups is 1. The van der Waals surface area contributed by atoms with Gasteiger partial charge in [-0.3, -0.25) is 14.9 Å². The van der Waals surface area contributed by atoms with Crippen molar-refractivity contribution >= 4 is 57.2 Å². The molecule has 10 heteroatoms. The number of anilines is 2. The SMILES string of the molecule is COc1cc(CNc2cccc([N+](=O)[O-])c2)cc(I)c1OCC(=O)Nc1ccc(C)c(Cl)c1. The number of carbonyl (C=O) groups excluding carboxylic acids is 1. The lowest BCUT2D eigenvalue weighted by Crippen LogP contribution is -2.20. The molecule has 0 saturated carbocycles. The molecule has 172 valence electrons. The number of ether oxygens (including phenoxy) is 2. The average molecular weight is 582 g/mol. The molecule has 0 spiro atoms. The van der Waals surface area contributed by atoms with E-state index in [9.17, 15) is 14.9 Å². The van der Waals surface area contributed by atoms with Crippen LogP contribution in [0.2, 0.25) is 5.02 Å². The largest absolute Gasteiger partial charge is 0.493 e. The zero-order valence-corrected chi connectivity index (χ0v) is 20.8. The first kappa shape index (κ1) is 24.6. The standard InChI is InChI=1S/C23H21ClIN3O5/c1-14-6-7-17(11-19(14)24)27-22(29)13-33-23-20(25)8-15(9-21(23)32-2)12-26-16-4-3-5-18(10-16)28(30)31/h3-11,26H,12-13H2,1-2H3,(H,27,29). The Labute approximate surface area is 209 Å². The molecule has 0 saturated heterocycles. The molecule has 0 radical (unpaired) electrons. The van der Waals surface area contributed by atoms with E-state index in [1.807, 2.05) is 19.1 Å². The maximum atomic E-state index is 12.3. The molecular formula is C23H21ClIN3O5. The van der Waals surface area contributed by atoms with Crippen LogP contribution in [-0.4, -0.2) is 24.5 Å². The normalized spacial score (nSPS) is 10.4. The van der Waals surface area contributed by atoms with Crippen LogP contribution in [0.5, 0.6) is 11.5 Å².